The molecule has 0 atom stereocenters. The molecule has 18 heavy (non-hydrogen) atoms. The van der Waals surface area contributed by atoms with Gasteiger partial charge in [0.2, 0.25) is 0 Å². The normalized spacial score (nSPS) is 10.5. The van der Waals surface area contributed by atoms with Crippen molar-refractivity contribution in [1.82, 2.24) is 5.32 Å². The molecule has 0 aliphatic heterocycles. The van der Waals surface area contributed by atoms with E-state index in [1.165, 1.54) is 0 Å². The standard InChI is InChI=1S/C13H19BrN2O2/c1-9(2)18-7-6-15-13(17)16-11-5-4-10(3)12(14)8-11/h4-5,8-9H,6-7H2,1-3H3,(H2,15,16,17). The minimum atomic E-state index is -0.224. The van der Waals surface area contributed by atoms with Crippen LogP contribution in [0, 0.1) is 6.92 Å². The van der Waals surface area contributed by atoms with E-state index in [1.807, 2.05) is 39.0 Å². The van der Waals surface area contributed by atoms with Gasteiger partial charge in [-0.1, -0.05) is 22.0 Å². The van der Waals surface area contributed by atoms with Gasteiger partial charge in [0.25, 0.3) is 0 Å². The molecule has 2 amide bonds. The van der Waals surface area contributed by atoms with Crippen LogP contribution in [0.15, 0.2) is 22.7 Å². The summed E-state index contributed by atoms with van der Waals surface area (Å²) in [6.45, 7) is 6.94. The Morgan fingerprint density at radius 1 is 1.44 bits per heavy atom. The van der Waals surface area contributed by atoms with Gasteiger partial charge in [0.05, 0.1) is 12.7 Å². The number of anilines is 1. The second kappa shape index (κ2) is 7.38. The third-order valence-electron chi connectivity index (χ3n) is 2.27. The van der Waals surface area contributed by atoms with Crippen LogP contribution in [0.25, 0.3) is 0 Å². The zero-order valence-corrected chi connectivity index (χ0v) is 12.5. The first-order valence-electron chi connectivity index (χ1n) is 5.91. The zero-order chi connectivity index (χ0) is 13.5. The highest BCUT2D eigenvalue weighted by atomic mass is 79.9. The van der Waals surface area contributed by atoms with Gasteiger partial charge in [-0.3, -0.25) is 0 Å². The van der Waals surface area contributed by atoms with Crippen LogP contribution in [0.5, 0.6) is 0 Å². The number of amides is 2. The second-order valence-electron chi connectivity index (χ2n) is 4.26. The van der Waals surface area contributed by atoms with Gasteiger partial charge in [-0.15, -0.1) is 0 Å². The van der Waals surface area contributed by atoms with E-state index in [0.29, 0.717) is 13.2 Å². The summed E-state index contributed by atoms with van der Waals surface area (Å²) in [6, 6.07) is 5.46. The number of aryl methyl sites for hydroxylation is 1. The highest BCUT2D eigenvalue weighted by Crippen LogP contribution is 2.20. The topological polar surface area (TPSA) is 50.4 Å². The van der Waals surface area contributed by atoms with Gasteiger partial charge in [-0.05, 0) is 38.5 Å². The highest BCUT2D eigenvalue weighted by Gasteiger charge is 2.03. The van der Waals surface area contributed by atoms with E-state index in [1.54, 1.807) is 0 Å². The summed E-state index contributed by atoms with van der Waals surface area (Å²) in [5, 5.41) is 5.49. The average Bonchev–Trinajstić information content (AvgIpc) is 2.29. The van der Waals surface area contributed by atoms with E-state index in [2.05, 4.69) is 26.6 Å². The molecule has 0 radical (unpaired) electrons. The molecular weight excluding hydrogens is 296 g/mol. The van der Waals surface area contributed by atoms with Crippen molar-refractivity contribution < 1.29 is 9.53 Å². The second-order valence-corrected chi connectivity index (χ2v) is 5.12. The maximum absolute atomic E-state index is 11.6. The van der Waals surface area contributed by atoms with E-state index >= 15 is 0 Å². The molecule has 0 spiro atoms. The molecule has 0 fully saturated rings. The molecule has 0 saturated carbocycles. The van der Waals surface area contributed by atoms with Crippen molar-refractivity contribution in [3.8, 4) is 0 Å². The van der Waals surface area contributed by atoms with Crippen molar-refractivity contribution in [2.24, 2.45) is 0 Å². The lowest BCUT2D eigenvalue weighted by molar-refractivity contribution is 0.0820. The zero-order valence-electron chi connectivity index (χ0n) is 10.9. The number of hydrogen-bond donors (Lipinski definition) is 2. The molecule has 0 bridgehead atoms. The largest absolute Gasteiger partial charge is 0.377 e. The summed E-state index contributed by atoms with van der Waals surface area (Å²) in [6.07, 6.45) is 0.183. The molecule has 0 unspecified atom stereocenters. The lowest BCUT2D eigenvalue weighted by Crippen LogP contribution is -2.32. The Labute approximate surface area is 116 Å². The van der Waals surface area contributed by atoms with E-state index in [4.69, 9.17) is 4.74 Å². The van der Waals surface area contributed by atoms with Crippen LogP contribution in [0.2, 0.25) is 0 Å². The quantitative estimate of drug-likeness (QED) is 0.819. The van der Waals surface area contributed by atoms with Gasteiger partial charge < -0.3 is 15.4 Å². The van der Waals surface area contributed by atoms with Gasteiger partial charge in [0, 0.05) is 16.7 Å². The van der Waals surface area contributed by atoms with Crippen LogP contribution in [-0.4, -0.2) is 25.3 Å². The molecule has 100 valence electrons. The van der Waals surface area contributed by atoms with Gasteiger partial charge >= 0.3 is 6.03 Å². The Morgan fingerprint density at radius 2 is 2.17 bits per heavy atom. The van der Waals surface area contributed by atoms with Crippen LogP contribution >= 0.6 is 15.9 Å². The molecule has 1 aromatic rings. The first-order chi connectivity index (χ1) is 8.49. The number of rotatable bonds is 5. The molecule has 0 aliphatic carbocycles. The molecule has 4 nitrogen and oxygen atoms in total. The summed E-state index contributed by atoms with van der Waals surface area (Å²) < 4.78 is 6.30. The Bertz CT molecular complexity index is 408. The number of urea groups is 1. The summed E-state index contributed by atoms with van der Waals surface area (Å²) in [4.78, 5) is 11.6. The van der Waals surface area contributed by atoms with Gasteiger partial charge in [0.1, 0.15) is 0 Å². The van der Waals surface area contributed by atoms with Crippen molar-refractivity contribution >= 4 is 27.6 Å². The number of carbonyl (C=O) groups is 1. The van der Waals surface area contributed by atoms with E-state index in [-0.39, 0.29) is 12.1 Å². The van der Waals surface area contributed by atoms with Crippen LogP contribution < -0.4 is 10.6 Å². The number of nitrogens with one attached hydrogen (secondary N) is 2. The number of halogens is 1. The average molecular weight is 315 g/mol. The van der Waals surface area contributed by atoms with E-state index < -0.39 is 0 Å². The number of carbonyl (C=O) groups excluding carboxylic acids is 1. The van der Waals surface area contributed by atoms with Gasteiger partial charge in [-0.2, -0.15) is 0 Å². The molecule has 1 rings (SSSR count). The minimum absolute atomic E-state index is 0.183. The van der Waals surface area contributed by atoms with Crippen LogP contribution in [0.1, 0.15) is 19.4 Å². The van der Waals surface area contributed by atoms with E-state index in [9.17, 15) is 4.79 Å². The lowest BCUT2D eigenvalue weighted by atomic mass is 10.2. The molecule has 1 aromatic carbocycles. The van der Waals surface area contributed by atoms with Gasteiger partial charge in [-0.25, -0.2) is 4.79 Å². The Balaban J connectivity index is 2.33. The fourth-order valence-electron chi connectivity index (χ4n) is 1.31. The first kappa shape index (κ1) is 15.0. The fourth-order valence-corrected chi connectivity index (χ4v) is 1.68. The monoisotopic (exact) mass is 314 g/mol. The fraction of sp³-hybridized carbons (Fsp3) is 0.462. The van der Waals surface area contributed by atoms with E-state index in [0.717, 1.165) is 15.7 Å². The summed E-state index contributed by atoms with van der Waals surface area (Å²) in [7, 11) is 0. The van der Waals surface area contributed by atoms with Crippen LogP contribution in [0.3, 0.4) is 0 Å². The Hall–Kier alpha value is -1.07. The maximum Gasteiger partial charge on any atom is 0.319 e. The Kier molecular flexibility index (Phi) is 6.15. The highest BCUT2D eigenvalue weighted by molar-refractivity contribution is 9.10. The molecular formula is C13H19BrN2O2. The van der Waals surface area contributed by atoms with Crippen molar-refractivity contribution in [3.05, 3.63) is 28.2 Å². The predicted octanol–water partition coefficient (Wildman–Crippen LogP) is 3.30. The third-order valence-corrected chi connectivity index (χ3v) is 3.12. The predicted molar refractivity (Wildman–Crippen MR) is 77.0 cm³/mol. The third kappa shape index (κ3) is 5.51. The molecule has 5 heteroatoms. The van der Waals surface area contributed by atoms with Crippen molar-refractivity contribution in [1.29, 1.82) is 0 Å². The van der Waals surface area contributed by atoms with Crippen LogP contribution in [0.4, 0.5) is 10.5 Å². The molecule has 0 saturated heterocycles. The van der Waals surface area contributed by atoms with Crippen molar-refractivity contribution in [2.75, 3.05) is 18.5 Å². The Morgan fingerprint density at radius 3 is 2.78 bits per heavy atom. The maximum atomic E-state index is 11.6. The van der Waals surface area contributed by atoms with Crippen molar-refractivity contribution in [2.45, 2.75) is 26.9 Å². The molecule has 0 aliphatic rings. The SMILES string of the molecule is Cc1ccc(NC(=O)NCCOC(C)C)cc1Br. The van der Waals surface area contributed by atoms with Gasteiger partial charge in [0.15, 0.2) is 0 Å². The number of ether oxygens (including phenoxy) is 1. The number of hydrogen-bond acceptors (Lipinski definition) is 2. The summed E-state index contributed by atoms with van der Waals surface area (Å²) in [5.41, 5.74) is 1.89. The van der Waals surface area contributed by atoms with Crippen molar-refractivity contribution in [3.63, 3.8) is 0 Å². The molecule has 0 aromatic heterocycles. The number of benzene rings is 1. The molecule has 2 N–H and O–H groups in total. The first-order valence-corrected chi connectivity index (χ1v) is 6.71. The lowest BCUT2D eigenvalue weighted by Gasteiger charge is -2.10. The minimum Gasteiger partial charge on any atom is -0.377 e. The van der Waals surface area contributed by atoms with Crippen LogP contribution in [-0.2, 0) is 4.74 Å². The summed E-state index contributed by atoms with van der Waals surface area (Å²) >= 11 is 3.42. The summed E-state index contributed by atoms with van der Waals surface area (Å²) in [5.74, 6) is 0. The smallest absolute Gasteiger partial charge is 0.319 e. The molecule has 0 heterocycles.